The number of aliphatic imine (C=N–C) groups is 1. The van der Waals surface area contributed by atoms with Crippen molar-refractivity contribution in [2.24, 2.45) is 4.99 Å². The van der Waals surface area contributed by atoms with Crippen LogP contribution in [0.25, 0.3) is 0 Å². The van der Waals surface area contributed by atoms with Crippen LogP contribution < -0.4 is 4.74 Å². The lowest BCUT2D eigenvalue weighted by molar-refractivity contribution is 0.0860. The summed E-state index contributed by atoms with van der Waals surface area (Å²) in [6.45, 7) is 15.5. The molecular weight excluding hydrogens is 624 g/mol. The molecular formula is C36H44Cl2FN5O2. The molecule has 3 aromatic rings. The maximum Gasteiger partial charge on any atom is 0.326 e. The van der Waals surface area contributed by atoms with Crippen molar-refractivity contribution in [3.63, 3.8) is 0 Å². The lowest BCUT2D eigenvalue weighted by Gasteiger charge is -2.47. The van der Waals surface area contributed by atoms with E-state index in [1.165, 1.54) is 0 Å². The second-order valence-electron chi connectivity index (χ2n) is 13.3. The normalized spacial score (nSPS) is 22.2. The average Bonchev–Trinajstić information content (AvgIpc) is 3.28. The van der Waals surface area contributed by atoms with Gasteiger partial charge >= 0.3 is 6.03 Å². The number of pyridine rings is 1. The molecule has 7 nitrogen and oxygen atoms in total. The predicted octanol–water partition coefficient (Wildman–Crippen LogP) is 8.07. The van der Waals surface area contributed by atoms with Crippen LogP contribution in [0.3, 0.4) is 0 Å². The smallest absolute Gasteiger partial charge is 0.326 e. The number of alkyl halides is 1. The van der Waals surface area contributed by atoms with E-state index in [-0.39, 0.29) is 18.1 Å². The standard InChI is InChI=1S/C36H44Cl2FN5O2/c1-7-46-30-23-31(34(2,3)4)40-24-29(30)32-41-35(5,25-9-13-27(37)14-10-25)36(6,26-11-15-28(38)16-12-26)44(32)33(45)43-21-19-42(20-22-43)18-8-17-39/h9-16,23-24H,7-8,17-22H2,1-6H3/t35-,36+/m0/s1. The van der Waals surface area contributed by atoms with Crippen molar-refractivity contribution in [2.45, 2.75) is 64.5 Å². The molecule has 2 aliphatic rings. The number of amides is 2. The van der Waals surface area contributed by atoms with Gasteiger partial charge < -0.3 is 9.64 Å². The van der Waals surface area contributed by atoms with E-state index in [1.54, 1.807) is 6.20 Å². The highest BCUT2D eigenvalue weighted by Crippen LogP contribution is 2.54. The Bertz CT molecular complexity index is 1570. The van der Waals surface area contributed by atoms with E-state index in [0.717, 1.165) is 16.8 Å². The van der Waals surface area contributed by atoms with E-state index < -0.39 is 11.1 Å². The van der Waals surface area contributed by atoms with E-state index >= 15 is 4.79 Å². The molecule has 2 atom stereocenters. The van der Waals surface area contributed by atoms with Crippen LogP contribution in [0.5, 0.6) is 5.75 Å². The van der Waals surface area contributed by atoms with Crippen molar-refractivity contribution in [3.05, 3.63) is 93.2 Å². The van der Waals surface area contributed by atoms with Crippen molar-refractivity contribution >= 4 is 35.1 Å². The molecule has 46 heavy (non-hydrogen) atoms. The molecule has 1 aromatic heterocycles. The first kappa shape index (κ1) is 34.1. The number of hydrogen-bond acceptors (Lipinski definition) is 5. The van der Waals surface area contributed by atoms with Gasteiger partial charge in [-0.25, -0.2) is 4.79 Å². The number of carbonyl (C=O) groups is 1. The number of ether oxygens (including phenoxy) is 1. The molecule has 0 bridgehead atoms. The van der Waals surface area contributed by atoms with E-state index in [0.29, 0.717) is 72.9 Å². The largest absolute Gasteiger partial charge is 0.493 e. The Kier molecular flexibility index (Phi) is 10.0. The lowest BCUT2D eigenvalue weighted by Crippen LogP contribution is -2.60. The molecule has 2 aromatic carbocycles. The fraction of sp³-hybridized carbons (Fsp3) is 0.472. The number of amidine groups is 1. The first-order valence-electron chi connectivity index (χ1n) is 16.0. The third-order valence-corrected chi connectivity index (χ3v) is 9.87. The van der Waals surface area contributed by atoms with E-state index in [1.807, 2.05) is 71.3 Å². The number of halogens is 3. The minimum atomic E-state index is -1.00. The van der Waals surface area contributed by atoms with Crippen LogP contribution in [0.4, 0.5) is 9.18 Å². The Morgan fingerprint density at radius 1 is 0.957 bits per heavy atom. The van der Waals surface area contributed by atoms with E-state index in [9.17, 15) is 4.39 Å². The van der Waals surface area contributed by atoms with Crippen molar-refractivity contribution in [3.8, 4) is 5.75 Å². The summed E-state index contributed by atoms with van der Waals surface area (Å²) in [6.07, 6.45) is 2.28. The van der Waals surface area contributed by atoms with Crippen LogP contribution in [0.15, 0.2) is 65.8 Å². The summed E-state index contributed by atoms with van der Waals surface area (Å²) < 4.78 is 19.1. The third kappa shape index (κ3) is 6.36. The number of urea groups is 1. The summed E-state index contributed by atoms with van der Waals surface area (Å²) in [5, 5.41) is 1.21. The molecule has 0 N–H and O–H groups in total. The van der Waals surface area contributed by atoms with E-state index in [4.69, 9.17) is 37.9 Å². The molecule has 0 unspecified atom stereocenters. The fourth-order valence-electron chi connectivity index (χ4n) is 6.44. The summed E-state index contributed by atoms with van der Waals surface area (Å²) in [4.78, 5) is 31.3. The maximum absolute atomic E-state index is 15.0. The van der Waals surface area contributed by atoms with Crippen molar-refractivity contribution in [1.82, 2.24) is 19.7 Å². The number of aromatic nitrogens is 1. The lowest BCUT2D eigenvalue weighted by atomic mass is 9.71. The first-order valence-corrected chi connectivity index (χ1v) is 16.7. The highest BCUT2D eigenvalue weighted by molar-refractivity contribution is 6.30. The minimum absolute atomic E-state index is 0.165. The van der Waals surface area contributed by atoms with Crippen molar-refractivity contribution < 1.29 is 13.9 Å². The van der Waals surface area contributed by atoms with Gasteiger partial charge in [0.25, 0.3) is 0 Å². The Balaban J connectivity index is 1.72. The SMILES string of the molecule is CCOc1cc(C(C)(C)C)ncc1C1=N[C@@](C)(c2ccc(Cl)cc2)[C@@](C)(c2ccc(Cl)cc2)N1C(=O)N1CCN(CCCF)CC1. The zero-order valence-corrected chi connectivity index (χ0v) is 29.1. The van der Waals surface area contributed by atoms with Gasteiger partial charge in [0.15, 0.2) is 0 Å². The monoisotopic (exact) mass is 667 g/mol. The Morgan fingerprint density at radius 3 is 2.09 bits per heavy atom. The molecule has 1 fully saturated rings. The highest BCUT2D eigenvalue weighted by atomic mass is 35.5. The topological polar surface area (TPSA) is 61.3 Å². The Morgan fingerprint density at radius 2 is 1.54 bits per heavy atom. The van der Waals surface area contributed by atoms with Crippen LogP contribution in [-0.4, -0.2) is 77.6 Å². The number of piperazine rings is 1. The second-order valence-corrected chi connectivity index (χ2v) is 14.2. The minimum Gasteiger partial charge on any atom is -0.493 e. The van der Waals surface area contributed by atoms with Gasteiger partial charge in [-0.1, -0.05) is 68.2 Å². The van der Waals surface area contributed by atoms with Gasteiger partial charge in [0.2, 0.25) is 0 Å². The highest BCUT2D eigenvalue weighted by Gasteiger charge is 2.60. The first-order chi connectivity index (χ1) is 21.8. The fourth-order valence-corrected chi connectivity index (χ4v) is 6.70. The van der Waals surface area contributed by atoms with Crippen LogP contribution >= 0.6 is 23.2 Å². The van der Waals surface area contributed by atoms with Gasteiger partial charge in [0.05, 0.1) is 18.8 Å². The summed E-state index contributed by atoms with van der Waals surface area (Å²) in [6, 6.07) is 17.1. The molecule has 0 radical (unpaired) electrons. The van der Waals surface area contributed by atoms with E-state index in [2.05, 4.69) is 39.5 Å². The van der Waals surface area contributed by atoms with Gasteiger partial charge in [0, 0.05) is 66.1 Å². The molecule has 2 amide bonds. The van der Waals surface area contributed by atoms with Crippen LogP contribution in [0, 0.1) is 0 Å². The van der Waals surface area contributed by atoms with Crippen molar-refractivity contribution in [1.29, 1.82) is 0 Å². The molecule has 246 valence electrons. The average molecular weight is 669 g/mol. The predicted molar refractivity (Wildman–Crippen MR) is 184 cm³/mol. The number of nitrogens with zero attached hydrogens (tertiary/aromatic N) is 5. The summed E-state index contributed by atoms with van der Waals surface area (Å²) in [7, 11) is 0. The summed E-state index contributed by atoms with van der Waals surface area (Å²) >= 11 is 12.7. The molecule has 3 heterocycles. The molecule has 0 spiro atoms. The second kappa shape index (κ2) is 13.5. The molecule has 10 heteroatoms. The number of benzene rings is 2. The molecule has 2 aliphatic heterocycles. The van der Waals surface area contributed by atoms with Gasteiger partial charge in [-0.3, -0.25) is 24.2 Å². The summed E-state index contributed by atoms with van der Waals surface area (Å²) in [5.41, 5.74) is 1.12. The zero-order chi connectivity index (χ0) is 33.3. The Hall–Kier alpha value is -3.20. The summed E-state index contributed by atoms with van der Waals surface area (Å²) in [5.74, 6) is 1.10. The quantitative estimate of drug-likeness (QED) is 0.244. The van der Waals surface area contributed by atoms with Crippen LogP contribution in [0.2, 0.25) is 10.0 Å². The molecule has 1 saturated heterocycles. The van der Waals surface area contributed by atoms with Gasteiger partial charge in [-0.05, 0) is 62.6 Å². The van der Waals surface area contributed by atoms with Gasteiger partial charge in [-0.2, -0.15) is 0 Å². The van der Waals surface area contributed by atoms with Gasteiger partial charge in [0.1, 0.15) is 22.7 Å². The third-order valence-electron chi connectivity index (χ3n) is 9.37. The zero-order valence-electron chi connectivity index (χ0n) is 27.6. The van der Waals surface area contributed by atoms with Crippen LogP contribution in [-0.2, 0) is 16.5 Å². The van der Waals surface area contributed by atoms with Gasteiger partial charge in [-0.15, -0.1) is 0 Å². The van der Waals surface area contributed by atoms with Crippen molar-refractivity contribution in [2.75, 3.05) is 46.0 Å². The number of hydrogen-bond donors (Lipinski definition) is 0. The number of carbonyl (C=O) groups excluding carboxylic acids is 1. The molecule has 0 saturated carbocycles. The van der Waals surface area contributed by atoms with Crippen LogP contribution in [0.1, 0.15) is 70.3 Å². The molecule has 0 aliphatic carbocycles. The maximum atomic E-state index is 15.0. The molecule has 5 rings (SSSR count). The number of rotatable bonds is 8. The Labute approximate surface area is 282 Å².